The van der Waals surface area contributed by atoms with Crippen LogP contribution in [0, 0.1) is 11.7 Å². The fourth-order valence-electron chi connectivity index (χ4n) is 6.07. The summed E-state index contributed by atoms with van der Waals surface area (Å²) in [6.07, 6.45) is 6.66. The Morgan fingerprint density at radius 1 is 1.00 bits per heavy atom. The predicted molar refractivity (Wildman–Crippen MR) is 154 cm³/mol. The zero-order valence-electron chi connectivity index (χ0n) is 21.9. The molecule has 0 bridgehead atoms. The maximum atomic E-state index is 14.1. The van der Waals surface area contributed by atoms with E-state index >= 15 is 0 Å². The number of hydrogen-bond acceptors (Lipinski definition) is 6. The number of hydrogen-bond donors (Lipinski definition) is 2. The van der Waals surface area contributed by atoms with E-state index in [2.05, 4.69) is 15.3 Å². The molecule has 1 amide bonds. The number of fused-ring (bicyclic) bond motifs is 2. The Morgan fingerprint density at radius 3 is 2.50 bits per heavy atom. The van der Waals surface area contributed by atoms with E-state index in [0.29, 0.717) is 43.1 Å². The summed E-state index contributed by atoms with van der Waals surface area (Å²) in [7, 11) is 0. The van der Waals surface area contributed by atoms with Gasteiger partial charge in [0.05, 0.1) is 11.6 Å². The third-order valence-corrected chi connectivity index (χ3v) is 9.29. The first-order chi connectivity index (χ1) is 19.4. The predicted octanol–water partition coefficient (Wildman–Crippen LogP) is 3.77. The van der Waals surface area contributed by atoms with Crippen LogP contribution in [0.4, 0.5) is 4.39 Å². The summed E-state index contributed by atoms with van der Waals surface area (Å²) in [4.78, 5) is 60.0. The number of halogens is 1. The van der Waals surface area contributed by atoms with Crippen molar-refractivity contribution in [3.05, 3.63) is 85.2 Å². The summed E-state index contributed by atoms with van der Waals surface area (Å²) in [5.41, 5.74) is -0.194. The minimum Gasteiger partial charge on any atom is -0.360 e. The Balaban J connectivity index is 1.19. The molecule has 2 aliphatic rings. The Labute approximate surface area is 232 Å². The molecule has 0 radical (unpaired) electrons. The first-order valence-corrected chi connectivity index (χ1v) is 14.9. The average molecular weight is 564 g/mol. The van der Waals surface area contributed by atoms with E-state index in [9.17, 15) is 23.6 Å². The molecule has 208 valence electrons. The van der Waals surface area contributed by atoms with Crippen LogP contribution < -0.4 is 22.0 Å². The highest BCUT2D eigenvalue weighted by Gasteiger charge is 2.29. The topological polar surface area (TPSA) is 119 Å². The summed E-state index contributed by atoms with van der Waals surface area (Å²) in [5, 5.41) is 3.48. The zero-order chi connectivity index (χ0) is 27.8. The van der Waals surface area contributed by atoms with Gasteiger partial charge in [0.2, 0.25) is 5.43 Å². The smallest absolute Gasteiger partial charge is 0.333 e. The number of H-pyrrole nitrogens is 1. The van der Waals surface area contributed by atoms with Crippen molar-refractivity contribution in [1.29, 1.82) is 0 Å². The van der Waals surface area contributed by atoms with Gasteiger partial charge in [0.25, 0.3) is 11.5 Å². The van der Waals surface area contributed by atoms with Crippen LogP contribution in [0.15, 0.2) is 57.1 Å². The number of nitrogens with zero attached hydrogens (tertiary/aromatic N) is 3. The largest absolute Gasteiger partial charge is 0.360 e. The highest BCUT2D eigenvalue weighted by Crippen LogP contribution is 2.32. The molecule has 0 spiro atoms. The lowest BCUT2D eigenvalue weighted by molar-refractivity contribution is 0.0940. The standard InChI is InChI=1S/C29H30FN5O4S/c30-18-13-22-26(32-15-18)34(20-9-11-40-12-10-20)29(39)35(28(22)38)19-7-5-17(6-8-19)14-33-27(37)23-16-31-24-4-2-1-3-21(24)25(23)36/h1-4,13,15-17,19-20H,5-12,14H2,(H,31,36)(H,33,37). The van der Waals surface area contributed by atoms with Crippen molar-refractivity contribution in [3.8, 4) is 0 Å². The molecule has 1 saturated carbocycles. The van der Waals surface area contributed by atoms with Gasteiger partial charge in [-0.15, -0.1) is 0 Å². The van der Waals surface area contributed by atoms with E-state index < -0.39 is 17.3 Å². The van der Waals surface area contributed by atoms with Crippen molar-refractivity contribution in [2.75, 3.05) is 18.1 Å². The lowest BCUT2D eigenvalue weighted by Gasteiger charge is -2.31. The number of benzene rings is 1. The van der Waals surface area contributed by atoms with Gasteiger partial charge in [0, 0.05) is 35.7 Å². The number of thioether (sulfide) groups is 1. The normalized spacial score (nSPS) is 20.1. The fraction of sp³-hybridized carbons (Fsp3) is 0.414. The summed E-state index contributed by atoms with van der Waals surface area (Å²) in [5.74, 6) is 0.947. The van der Waals surface area contributed by atoms with Gasteiger partial charge in [0.15, 0.2) is 0 Å². The number of amides is 1. The van der Waals surface area contributed by atoms with Gasteiger partial charge in [-0.2, -0.15) is 11.8 Å². The number of pyridine rings is 2. The molecule has 1 aliphatic heterocycles. The Kier molecular flexibility index (Phi) is 7.31. The Bertz CT molecular complexity index is 1770. The van der Waals surface area contributed by atoms with Crippen LogP contribution in [-0.2, 0) is 0 Å². The molecule has 0 unspecified atom stereocenters. The molecule has 2 fully saturated rings. The van der Waals surface area contributed by atoms with Crippen molar-refractivity contribution in [2.24, 2.45) is 5.92 Å². The SMILES string of the molecule is O=C(NCC1CCC(n2c(=O)c3cc(F)cnc3n(C3CCSCC3)c2=O)CC1)c1c[nH]c2ccccc2c1=O. The maximum Gasteiger partial charge on any atom is 0.333 e. The molecule has 4 heterocycles. The van der Waals surface area contributed by atoms with Crippen LogP contribution in [0.1, 0.15) is 61.0 Å². The molecular formula is C29H30FN5O4S. The summed E-state index contributed by atoms with van der Waals surface area (Å²) in [6, 6.07) is 7.84. The second-order valence-corrected chi connectivity index (χ2v) is 11.9. The van der Waals surface area contributed by atoms with E-state index in [0.717, 1.165) is 30.5 Å². The highest BCUT2D eigenvalue weighted by molar-refractivity contribution is 7.99. The molecule has 9 nitrogen and oxygen atoms in total. The number of aromatic amines is 1. The molecule has 11 heteroatoms. The van der Waals surface area contributed by atoms with E-state index in [4.69, 9.17) is 0 Å². The zero-order valence-corrected chi connectivity index (χ0v) is 22.7. The molecule has 2 N–H and O–H groups in total. The lowest BCUT2D eigenvalue weighted by atomic mass is 9.85. The number of aromatic nitrogens is 4. The van der Waals surface area contributed by atoms with Gasteiger partial charge in [-0.3, -0.25) is 23.5 Å². The van der Waals surface area contributed by atoms with E-state index in [-0.39, 0.29) is 45.7 Å². The summed E-state index contributed by atoms with van der Waals surface area (Å²) < 4.78 is 17.1. The molecular weight excluding hydrogens is 533 g/mol. The quantitative estimate of drug-likeness (QED) is 0.382. The molecule has 3 aromatic heterocycles. The first-order valence-electron chi connectivity index (χ1n) is 13.7. The molecule has 6 rings (SSSR count). The Morgan fingerprint density at radius 2 is 1.73 bits per heavy atom. The number of para-hydroxylation sites is 1. The van der Waals surface area contributed by atoms with Crippen molar-refractivity contribution in [2.45, 2.75) is 50.6 Å². The van der Waals surface area contributed by atoms with Gasteiger partial charge in [-0.05, 0) is 74.1 Å². The first kappa shape index (κ1) is 26.5. The Hall–Kier alpha value is -3.73. The van der Waals surface area contributed by atoms with Crippen LogP contribution >= 0.6 is 11.8 Å². The number of carbonyl (C=O) groups is 1. The summed E-state index contributed by atoms with van der Waals surface area (Å²) in [6.45, 7) is 0.392. The highest BCUT2D eigenvalue weighted by atomic mass is 32.2. The monoisotopic (exact) mass is 563 g/mol. The van der Waals surface area contributed by atoms with Gasteiger partial charge >= 0.3 is 5.69 Å². The summed E-state index contributed by atoms with van der Waals surface area (Å²) >= 11 is 1.84. The maximum absolute atomic E-state index is 14.1. The number of rotatable bonds is 5. The second-order valence-electron chi connectivity index (χ2n) is 10.7. The third kappa shape index (κ3) is 4.87. The third-order valence-electron chi connectivity index (χ3n) is 8.24. The van der Waals surface area contributed by atoms with Crippen LogP contribution in [-0.4, -0.2) is 43.1 Å². The van der Waals surface area contributed by atoms with Gasteiger partial charge in [0.1, 0.15) is 17.0 Å². The minimum absolute atomic E-state index is 0.0672. The van der Waals surface area contributed by atoms with Gasteiger partial charge in [-0.1, -0.05) is 12.1 Å². The van der Waals surface area contributed by atoms with Crippen molar-refractivity contribution in [1.82, 2.24) is 24.4 Å². The molecule has 0 atom stereocenters. The molecule has 40 heavy (non-hydrogen) atoms. The van der Waals surface area contributed by atoms with E-state index in [1.807, 2.05) is 17.8 Å². The second kappa shape index (κ2) is 11.0. The van der Waals surface area contributed by atoms with Crippen LogP contribution in [0.25, 0.3) is 21.9 Å². The van der Waals surface area contributed by atoms with Crippen LogP contribution in [0.3, 0.4) is 0 Å². The van der Waals surface area contributed by atoms with Crippen LogP contribution in [0.5, 0.6) is 0 Å². The van der Waals surface area contributed by atoms with E-state index in [1.165, 1.54) is 16.8 Å². The fourth-order valence-corrected chi connectivity index (χ4v) is 7.16. The molecule has 4 aromatic rings. The van der Waals surface area contributed by atoms with Crippen LogP contribution in [0.2, 0.25) is 0 Å². The van der Waals surface area contributed by atoms with Gasteiger partial charge < -0.3 is 10.3 Å². The van der Waals surface area contributed by atoms with Crippen molar-refractivity contribution in [3.63, 3.8) is 0 Å². The molecule has 1 saturated heterocycles. The number of nitrogens with one attached hydrogen (secondary N) is 2. The van der Waals surface area contributed by atoms with Gasteiger partial charge in [-0.25, -0.2) is 14.2 Å². The number of carbonyl (C=O) groups excluding carboxylic acids is 1. The van der Waals surface area contributed by atoms with Crippen molar-refractivity contribution >= 4 is 39.6 Å². The molecule has 1 aliphatic carbocycles. The average Bonchev–Trinajstić information content (AvgIpc) is 2.98. The minimum atomic E-state index is -0.606. The molecule has 1 aromatic carbocycles. The lowest BCUT2D eigenvalue weighted by Crippen LogP contribution is -2.45. The van der Waals surface area contributed by atoms with E-state index in [1.54, 1.807) is 22.8 Å². The van der Waals surface area contributed by atoms with Crippen molar-refractivity contribution < 1.29 is 9.18 Å².